The highest BCUT2D eigenvalue weighted by molar-refractivity contribution is 7.25. The molecular formula is C44H27NS. The maximum atomic E-state index is 2.45. The summed E-state index contributed by atoms with van der Waals surface area (Å²) in [4.78, 5) is 1.29. The molecule has 0 radical (unpaired) electrons. The van der Waals surface area contributed by atoms with Crippen molar-refractivity contribution in [2.45, 2.75) is 0 Å². The van der Waals surface area contributed by atoms with Crippen LogP contribution in [-0.4, -0.2) is 4.57 Å². The van der Waals surface area contributed by atoms with Gasteiger partial charge >= 0.3 is 0 Å². The molecule has 0 aliphatic heterocycles. The van der Waals surface area contributed by atoms with Gasteiger partial charge in [0.2, 0.25) is 0 Å². The number of nitrogens with zero attached hydrogens (tertiary/aromatic N) is 1. The number of hydrogen-bond donors (Lipinski definition) is 0. The Morgan fingerprint density at radius 2 is 1.00 bits per heavy atom. The van der Waals surface area contributed by atoms with Gasteiger partial charge in [0.25, 0.3) is 0 Å². The molecule has 2 heterocycles. The summed E-state index contributed by atoms with van der Waals surface area (Å²) in [6, 6.07) is 60.1. The smallest absolute Gasteiger partial charge is 0.109 e. The standard InChI is InChI=1S/C44H27NS/c1-2-15-30(16-3-1)45-39-26-25-29(27-38(39)43-37-22-10-11-24-40(37)46-44(43)45)41-33-18-6-8-20-35(33)42(36-21-9-7-19-34(36)41)32-23-12-14-28-13-4-5-17-31(28)32/h1-27H. The van der Waals surface area contributed by atoms with Gasteiger partial charge in [0, 0.05) is 26.5 Å². The first kappa shape index (κ1) is 25.6. The normalized spacial score (nSPS) is 11.9. The lowest BCUT2D eigenvalue weighted by atomic mass is 9.84. The number of para-hydroxylation sites is 1. The van der Waals surface area contributed by atoms with Crippen LogP contribution >= 0.6 is 11.3 Å². The van der Waals surface area contributed by atoms with Crippen molar-refractivity contribution in [3.05, 3.63) is 164 Å². The maximum absolute atomic E-state index is 2.45. The van der Waals surface area contributed by atoms with Crippen LogP contribution in [0.15, 0.2) is 164 Å². The van der Waals surface area contributed by atoms with Gasteiger partial charge in [0.1, 0.15) is 4.83 Å². The summed E-state index contributed by atoms with van der Waals surface area (Å²) in [7, 11) is 0. The van der Waals surface area contributed by atoms with Crippen molar-refractivity contribution in [2.24, 2.45) is 0 Å². The first-order chi connectivity index (χ1) is 22.8. The molecule has 10 rings (SSSR count). The van der Waals surface area contributed by atoms with Crippen LogP contribution in [0.3, 0.4) is 0 Å². The third-order valence-corrected chi connectivity index (χ3v) is 10.7. The fraction of sp³-hybridized carbons (Fsp3) is 0. The molecule has 214 valence electrons. The SMILES string of the molecule is c1ccc(-n2c3ccc(-c4c5ccccc5c(-c5cccc6ccccc56)c5ccccc45)cc3c3c4ccccc4sc32)cc1. The van der Waals surface area contributed by atoms with Crippen molar-refractivity contribution in [1.29, 1.82) is 0 Å². The Labute approximate surface area is 270 Å². The van der Waals surface area contributed by atoms with Crippen LogP contribution in [0, 0.1) is 0 Å². The predicted octanol–water partition coefficient (Wildman–Crippen LogP) is 12.8. The van der Waals surface area contributed by atoms with E-state index in [0.717, 1.165) is 0 Å². The van der Waals surface area contributed by atoms with Gasteiger partial charge in [-0.2, -0.15) is 0 Å². The number of rotatable bonds is 3. The van der Waals surface area contributed by atoms with Crippen LogP contribution in [0.2, 0.25) is 0 Å². The van der Waals surface area contributed by atoms with Gasteiger partial charge in [0.15, 0.2) is 0 Å². The zero-order chi connectivity index (χ0) is 30.2. The lowest BCUT2D eigenvalue weighted by Gasteiger charge is -2.19. The van der Waals surface area contributed by atoms with Crippen LogP contribution in [0.4, 0.5) is 0 Å². The highest BCUT2D eigenvalue weighted by Crippen LogP contribution is 2.47. The summed E-state index contributed by atoms with van der Waals surface area (Å²) < 4.78 is 3.76. The van der Waals surface area contributed by atoms with E-state index in [9.17, 15) is 0 Å². The van der Waals surface area contributed by atoms with Gasteiger partial charge in [-0.25, -0.2) is 0 Å². The van der Waals surface area contributed by atoms with Crippen LogP contribution in [-0.2, 0) is 0 Å². The van der Waals surface area contributed by atoms with Crippen molar-refractivity contribution in [2.75, 3.05) is 0 Å². The fourth-order valence-electron chi connectivity index (χ4n) is 7.65. The van der Waals surface area contributed by atoms with Gasteiger partial charge in [-0.05, 0) is 84.9 Å². The highest BCUT2D eigenvalue weighted by atomic mass is 32.1. The van der Waals surface area contributed by atoms with Crippen molar-refractivity contribution in [3.63, 3.8) is 0 Å². The fourth-order valence-corrected chi connectivity index (χ4v) is 8.90. The minimum absolute atomic E-state index is 1.19. The summed E-state index contributed by atoms with van der Waals surface area (Å²) in [5.41, 5.74) is 7.54. The molecule has 0 unspecified atom stereocenters. The van der Waals surface area contributed by atoms with Crippen molar-refractivity contribution in [3.8, 4) is 27.9 Å². The summed E-state index contributed by atoms with van der Waals surface area (Å²) in [6.45, 7) is 0. The molecular weight excluding hydrogens is 575 g/mol. The van der Waals surface area contributed by atoms with E-state index in [1.165, 1.54) is 91.5 Å². The Kier molecular flexibility index (Phi) is 5.51. The van der Waals surface area contributed by atoms with Crippen LogP contribution in [0.25, 0.3) is 91.5 Å². The average Bonchev–Trinajstić information content (AvgIpc) is 3.65. The number of aromatic nitrogens is 1. The van der Waals surface area contributed by atoms with Crippen molar-refractivity contribution >= 4 is 74.9 Å². The zero-order valence-corrected chi connectivity index (χ0v) is 25.8. The summed E-state index contributed by atoms with van der Waals surface area (Å²) >= 11 is 1.88. The molecule has 10 aromatic rings. The van der Waals surface area contributed by atoms with Gasteiger partial charge in [0.05, 0.1) is 5.52 Å². The van der Waals surface area contributed by atoms with Crippen LogP contribution in [0.5, 0.6) is 0 Å². The molecule has 0 spiro atoms. The first-order valence-corrected chi connectivity index (χ1v) is 16.6. The molecule has 0 amide bonds. The summed E-state index contributed by atoms with van der Waals surface area (Å²) in [5, 5.41) is 11.6. The second-order valence-electron chi connectivity index (χ2n) is 12.0. The maximum Gasteiger partial charge on any atom is 0.109 e. The van der Waals surface area contributed by atoms with Gasteiger partial charge in [-0.3, -0.25) is 0 Å². The Bertz CT molecular complexity index is 2740. The Morgan fingerprint density at radius 3 is 1.74 bits per heavy atom. The first-order valence-electron chi connectivity index (χ1n) is 15.8. The lowest BCUT2D eigenvalue weighted by molar-refractivity contribution is 1.19. The van der Waals surface area contributed by atoms with Crippen LogP contribution in [0.1, 0.15) is 0 Å². The molecule has 0 saturated heterocycles. The summed E-state index contributed by atoms with van der Waals surface area (Å²) in [6.07, 6.45) is 0. The van der Waals surface area contributed by atoms with Gasteiger partial charge in [-0.1, -0.05) is 133 Å². The topological polar surface area (TPSA) is 4.93 Å². The van der Waals surface area contributed by atoms with E-state index >= 15 is 0 Å². The molecule has 0 aliphatic carbocycles. The number of thiophene rings is 1. The molecule has 8 aromatic carbocycles. The van der Waals surface area contributed by atoms with Gasteiger partial charge in [-0.15, -0.1) is 11.3 Å². The molecule has 0 bridgehead atoms. The Hall–Kier alpha value is -5.70. The molecule has 0 aliphatic rings. The number of benzene rings is 8. The van der Waals surface area contributed by atoms with E-state index < -0.39 is 0 Å². The van der Waals surface area contributed by atoms with E-state index in [-0.39, 0.29) is 0 Å². The minimum atomic E-state index is 1.19. The molecule has 0 N–H and O–H groups in total. The molecule has 0 fully saturated rings. The third-order valence-electron chi connectivity index (χ3n) is 9.58. The molecule has 2 heteroatoms. The van der Waals surface area contributed by atoms with Crippen LogP contribution < -0.4 is 0 Å². The zero-order valence-electron chi connectivity index (χ0n) is 24.9. The predicted molar refractivity (Wildman–Crippen MR) is 200 cm³/mol. The van der Waals surface area contributed by atoms with E-state index in [4.69, 9.17) is 0 Å². The van der Waals surface area contributed by atoms with E-state index in [1.807, 2.05) is 11.3 Å². The number of hydrogen-bond acceptors (Lipinski definition) is 1. The van der Waals surface area contributed by atoms with Gasteiger partial charge < -0.3 is 4.57 Å². The second-order valence-corrected chi connectivity index (χ2v) is 13.1. The third kappa shape index (κ3) is 3.62. The van der Waals surface area contributed by atoms with Crippen molar-refractivity contribution in [1.82, 2.24) is 4.57 Å². The minimum Gasteiger partial charge on any atom is -0.301 e. The van der Waals surface area contributed by atoms with E-state index in [2.05, 4.69) is 168 Å². The summed E-state index contributed by atoms with van der Waals surface area (Å²) in [5.74, 6) is 0. The van der Waals surface area contributed by atoms with E-state index in [1.54, 1.807) is 0 Å². The lowest BCUT2D eigenvalue weighted by Crippen LogP contribution is -1.93. The van der Waals surface area contributed by atoms with Crippen molar-refractivity contribution < 1.29 is 0 Å². The molecule has 2 aromatic heterocycles. The Morgan fingerprint density at radius 1 is 0.413 bits per heavy atom. The molecule has 0 atom stereocenters. The number of fused-ring (bicyclic) bond motifs is 8. The molecule has 0 saturated carbocycles. The largest absolute Gasteiger partial charge is 0.301 e. The average molecular weight is 602 g/mol. The monoisotopic (exact) mass is 601 g/mol. The Balaban J connectivity index is 1.33. The van der Waals surface area contributed by atoms with E-state index in [0.29, 0.717) is 0 Å². The highest BCUT2D eigenvalue weighted by Gasteiger charge is 2.21. The second kappa shape index (κ2) is 9.90. The quantitative estimate of drug-likeness (QED) is 0.178. The molecule has 1 nitrogen and oxygen atoms in total. The molecule has 46 heavy (non-hydrogen) atoms.